The van der Waals surface area contributed by atoms with E-state index >= 15 is 0 Å². The van der Waals surface area contributed by atoms with E-state index in [1.165, 1.54) is 5.56 Å². The molecule has 0 aliphatic heterocycles. The van der Waals surface area contributed by atoms with E-state index in [1.807, 2.05) is 35.2 Å². The van der Waals surface area contributed by atoms with Gasteiger partial charge in [0.25, 0.3) is 0 Å². The Bertz CT molecular complexity index is 552. The summed E-state index contributed by atoms with van der Waals surface area (Å²) in [7, 11) is 0. The Morgan fingerprint density at radius 3 is 2.75 bits per heavy atom. The van der Waals surface area contributed by atoms with Gasteiger partial charge in [0.15, 0.2) is 30.4 Å². The van der Waals surface area contributed by atoms with Crippen LogP contribution in [-0.4, -0.2) is 10.8 Å². The van der Waals surface area contributed by atoms with Crippen LogP contribution in [-0.2, 0) is 6.54 Å². The molecule has 2 aromatic rings. The standard InChI is InChI=1S/C17H21N2O/c1-2-3-5-10-17(20)16-14-19(12-11-18-16)13-15-8-6-4-7-9-15/h4,6-9,11-12,14H,2-3,5,10,13H2,1H3/q+1. The van der Waals surface area contributed by atoms with Gasteiger partial charge in [0.1, 0.15) is 0 Å². The van der Waals surface area contributed by atoms with Gasteiger partial charge in [-0.05, 0) is 6.42 Å². The second-order valence-corrected chi connectivity index (χ2v) is 4.98. The number of aromatic nitrogens is 2. The second kappa shape index (κ2) is 7.53. The number of benzene rings is 1. The van der Waals surface area contributed by atoms with Crippen molar-refractivity contribution in [3.8, 4) is 0 Å². The van der Waals surface area contributed by atoms with Crippen LogP contribution in [0, 0.1) is 0 Å². The van der Waals surface area contributed by atoms with Gasteiger partial charge >= 0.3 is 0 Å². The van der Waals surface area contributed by atoms with Crippen molar-refractivity contribution in [3.63, 3.8) is 0 Å². The first-order chi connectivity index (χ1) is 9.79. The maximum Gasteiger partial charge on any atom is 0.198 e. The van der Waals surface area contributed by atoms with Crippen molar-refractivity contribution in [2.45, 2.75) is 39.2 Å². The van der Waals surface area contributed by atoms with E-state index in [9.17, 15) is 4.79 Å². The lowest BCUT2D eigenvalue weighted by Crippen LogP contribution is -2.35. The molecule has 0 radical (unpaired) electrons. The molecule has 2 rings (SSSR count). The summed E-state index contributed by atoms with van der Waals surface area (Å²) in [5, 5.41) is 0. The molecule has 0 aliphatic carbocycles. The number of carbonyl (C=O) groups excluding carboxylic acids is 1. The minimum Gasteiger partial charge on any atom is -0.292 e. The third-order valence-electron chi connectivity index (χ3n) is 3.26. The summed E-state index contributed by atoms with van der Waals surface area (Å²) < 4.78 is 2.01. The van der Waals surface area contributed by atoms with Gasteiger partial charge in [-0.25, -0.2) is 4.98 Å². The van der Waals surface area contributed by atoms with Gasteiger partial charge in [0.2, 0.25) is 0 Å². The van der Waals surface area contributed by atoms with Crippen molar-refractivity contribution in [2.75, 3.05) is 0 Å². The van der Waals surface area contributed by atoms with Crippen molar-refractivity contribution >= 4 is 5.78 Å². The summed E-state index contributed by atoms with van der Waals surface area (Å²) in [6.45, 7) is 2.90. The molecule has 0 saturated heterocycles. The van der Waals surface area contributed by atoms with E-state index in [0.717, 1.165) is 25.8 Å². The minimum absolute atomic E-state index is 0.140. The lowest BCUT2D eigenvalue weighted by atomic mass is 10.1. The van der Waals surface area contributed by atoms with Crippen molar-refractivity contribution in [3.05, 3.63) is 60.2 Å². The third-order valence-corrected chi connectivity index (χ3v) is 3.26. The van der Waals surface area contributed by atoms with Gasteiger partial charge in [-0.3, -0.25) is 4.79 Å². The van der Waals surface area contributed by atoms with E-state index in [-0.39, 0.29) is 5.78 Å². The zero-order valence-corrected chi connectivity index (χ0v) is 12.0. The van der Waals surface area contributed by atoms with Crippen LogP contribution >= 0.6 is 0 Å². The van der Waals surface area contributed by atoms with Gasteiger partial charge in [-0.2, -0.15) is 4.57 Å². The number of rotatable bonds is 7. The van der Waals surface area contributed by atoms with Gasteiger partial charge in [0.05, 0.1) is 6.20 Å². The Balaban J connectivity index is 2.02. The topological polar surface area (TPSA) is 33.8 Å². The average Bonchev–Trinajstić information content (AvgIpc) is 2.49. The highest BCUT2D eigenvalue weighted by Crippen LogP contribution is 2.05. The van der Waals surface area contributed by atoms with Gasteiger partial charge < -0.3 is 0 Å². The van der Waals surface area contributed by atoms with Crippen LogP contribution in [0.5, 0.6) is 0 Å². The molecular formula is C17H21N2O+. The zero-order valence-electron chi connectivity index (χ0n) is 12.0. The molecule has 0 saturated carbocycles. The zero-order chi connectivity index (χ0) is 14.2. The Hall–Kier alpha value is -2.03. The number of ketones is 1. The monoisotopic (exact) mass is 269 g/mol. The molecule has 0 aliphatic rings. The molecule has 0 spiro atoms. The van der Waals surface area contributed by atoms with E-state index in [4.69, 9.17) is 0 Å². The molecule has 0 unspecified atom stereocenters. The molecule has 0 bridgehead atoms. The summed E-state index contributed by atoms with van der Waals surface area (Å²) in [6.07, 6.45) is 9.22. The first-order valence-electron chi connectivity index (χ1n) is 7.22. The maximum absolute atomic E-state index is 12.0. The molecule has 1 aromatic heterocycles. The van der Waals surface area contributed by atoms with Crippen LogP contribution in [0.1, 0.15) is 48.7 Å². The first-order valence-corrected chi connectivity index (χ1v) is 7.22. The van der Waals surface area contributed by atoms with E-state index in [2.05, 4.69) is 24.0 Å². The van der Waals surface area contributed by atoms with Crippen LogP contribution < -0.4 is 4.57 Å². The Kier molecular flexibility index (Phi) is 5.42. The lowest BCUT2D eigenvalue weighted by Gasteiger charge is -2.00. The maximum atomic E-state index is 12.0. The van der Waals surface area contributed by atoms with Crippen LogP contribution in [0.25, 0.3) is 0 Å². The number of unbranched alkanes of at least 4 members (excludes halogenated alkanes) is 2. The number of nitrogens with zero attached hydrogens (tertiary/aromatic N) is 2. The smallest absolute Gasteiger partial charge is 0.198 e. The molecule has 3 nitrogen and oxygen atoms in total. The molecule has 1 heterocycles. The number of carbonyl (C=O) groups is 1. The summed E-state index contributed by atoms with van der Waals surface area (Å²) >= 11 is 0. The molecule has 0 fully saturated rings. The molecule has 3 heteroatoms. The number of Topliss-reactive ketones (excluding diaryl/α,β-unsaturated/α-hetero) is 1. The summed E-state index contributed by atoms with van der Waals surface area (Å²) in [6, 6.07) is 10.2. The SMILES string of the molecule is CCCCCC(=O)c1c[n+](Cc2ccccc2)ccn1. The largest absolute Gasteiger partial charge is 0.292 e. The summed E-state index contributed by atoms with van der Waals surface area (Å²) in [5.41, 5.74) is 1.78. The van der Waals surface area contributed by atoms with E-state index in [0.29, 0.717) is 12.1 Å². The van der Waals surface area contributed by atoms with Crippen LogP contribution in [0.3, 0.4) is 0 Å². The average molecular weight is 269 g/mol. The van der Waals surface area contributed by atoms with Gasteiger partial charge in [-0.1, -0.05) is 50.1 Å². The predicted molar refractivity (Wildman–Crippen MR) is 78.4 cm³/mol. The molecular weight excluding hydrogens is 248 g/mol. The highest BCUT2D eigenvalue weighted by Gasteiger charge is 2.12. The Morgan fingerprint density at radius 1 is 1.20 bits per heavy atom. The molecule has 104 valence electrons. The highest BCUT2D eigenvalue weighted by atomic mass is 16.1. The molecule has 1 aromatic carbocycles. The normalized spacial score (nSPS) is 10.4. The number of hydrogen-bond donors (Lipinski definition) is 0. The first kappa shape index (κ1) is 14.4. The van der Waals surface area contributed by atoms with Crippen LogP contribution in [0.2, 0.25) is 0 Å². The Labute approximate surface area is 120 Å². The molecule has 0 atom stereocenters. The lowest BCUT2D eigenvalue weighted by molar-refractivity contribution is -0.689. The van der Waals surface area contributed by atoms with Crippen molar-refractivity contribution in [1.82, 2.24) is 4.98 Å². The van der Waals surface area contributed by atoms with Crippen molar-refractivity contribution in [1.29, 1.82) is 0 Å². The van der Waals surface area contributed by atoms with E-state index in [1.54, 1.807) is 6.20 Å². The van der Waals surface area contributed by atoms with Crippen molar-refractivity contribution < 1.29 is 9.36 Å². The fraction of sp³-hybridized carbons (Fsp3) is 0.353. The third kappa shape index (κ3) is 4.26. The number of hydrogen-bond acceptors (Lipinski definition) is 2. The summed E-state index contributed by atoms with van der Waals surface area (Å²) in [5.74, 6) is 0.140. The van der Waals surface area contributed by atoms with Crippen LogP contribution in [0.4, 0.5) is 0 Å². The van der Waals surface area contributed by atoms with Gasteiger partial charge in [-0.15, -0.1) is 0 Å². The summed E-state index contributed by atoms with van der Waals surface area (Å²) in [4.78, 5) is 16.2. The highest BCUT2D eigenvalue weighted by molar-refractivity contribution is 5.93. The molecule has 0 amide bonds. The minimum atomic E-state index is 0.140. The van der Waals surface area contributed by atoms with E-state index < -0.39 is 0 Å². The molecule has 0 N–H and O–H groups in total. The fourth-order valence-electron chi connectivity index (χ4n) is 2.13. The second-order valence-electron chi connectivity index (χ2n) is 4.98. The van der Waals surface area contributed by atoms with Crippen molar-refractivity contribution in [2.24, 2.45) is 0 Å². The predicted octanol–water partition coefficient (Wildman–Crippen LogP) is 3.18. The Morgan fingerprint density at radius 2 is 2.00 bits per heavy atom. The molecule has 20 heavy (non-hydrogen) atoms. The van der Waals surface area contributed by atoms with Gasteiger partial charge in [0, 0.05) is 12.0 Å². The quantitative estimate of drug-likeness (QED) is 0.439. The fourth-order valence-corrected chi connectivity index (χ4v) is 2.13. The van der Waals surface area contributed by atoms with Crippen LogP contribution in [0.15, 0.2) is 48.9 Å².